The summed E-state index contributed by atoms with van der Waals surface area (Å²) in [7, 11) is 1.77. The summed E-state index contributed by atoms with van der Waals surface area (Å²) >= 11 is 1.72. The van der Waals surface area contributed by atoms with Crippen molar-refractivity contribution in [2.45, 2.75) is 74.3 Å². The number of hydrogen-bond acceptors (Lipinski definition) is 5. The zero-order valence-electron chi connectivity index (χ0n) is 21.7. The molecule has 35 heavy (non-hydrogen) atoms. The highest BCUT2D eigenvalue weighted by atomic mass is 32.2. The van der Waals surface area contributed by atoms with E-state index in [0.29, 0.717) is 32.6 Å². The van der Waals surface area contributed by atoms with Crippen LogP contribution in [-0.2, 0) is 14.4 Å². The first-order valence-electron chi connectivity index (χ1n) is 13.1. The molecule has 0 aromatic carbocycles. The number of aliphatic hydroxyl groups excluding tert-OH is 1. The highest BCUT2D eigenvalue weighted by molar-refractivity contribution is 8.02. The number of thioether (sulfide) groups is 1. The molecule has 196 valence electrons. The molecule has 1 N–H and O–H groups in total. The molecule has 3 heterocycles. The average Bonchev–Trinajstić information content (AvgIpc) is 3.39. The van der Waals surface area contributed by atoms with Crippen LogP contribution >= 0.6 is 11.8 Å². The van der Waals surface area contributed by atoms with E-state index in [1.807, 2.05) is 4.90 Å². The van der Waals surface area contributed by atoms with Crippen LogP contribution in [0.25, 0.3) is 0 Å². The van der Waals surface area contributed by atoms with E-state index in [9.17, 15) is 19.5 Å². The fourth-order valence-electron chi connectivity index (χ4n) is 6.38. The summed E-state index contributed by atoms with van der Waals surface area (Å²) in [5.41, 5.74) is 0. The molecule has 3 aliphatic rings. The molecular formula is C27H43N3O4S. The number of carbonyl (C=O) groups excluding carboxylic acids is 3. The minimum absolute atomic E-state index is 0.0133. The molecule has 1 spiro atoms. The number of likely N-dealkylation sites (N-methyl/N-ethyl adjacent to an activating group) is 1. The number of carbonyl (C=O) groups is 3. The van der Waals surface area contributed by atoms with Gasteiger partial charge in [-0.15, -0.1) is 24.9 Å². The maximum absolute atomic E-state index is 14.2. The Hall–Kier alpha value is -1.80. The third-order valence-electron chi connectivity index (χ3n) is 8.06. The van der Waals surface area contributed by atoms with Crippen molar-refractivity contribution in [1.82, 2.24) is 14.7 Å². The molecule has 5 atom stereocenters. The number of hydrogen-bond donors (Lipinski definition) is 1. The van der Waals surface area contributed by atoms with E-state index in [1.165, 1.54) is 0 Å². The molecule has 2 unspecified atom stereocenters. The fraction of sp³-hybridized carbons (Fsp3) is 0.741. The van der Waals surface area contributed by atoms with E-state index >= 15 is 0 Å². The van der Waals surface area contributed by atoms with Crippen molar-refractivity contribution in [2.75, 3.05) is 39.8 Å². The Labute approximate surface area is 215 Å². The van der Waals surface area contributed by atoms with E-state index in [-0.39, 0.29) is 29.1 Å². The van der Waals surface area contributed by atoms with E-state index in [2.05, 4.69) is 27.0 Å². The highest BCUT2D eigenvalue weighted by Gasteiger charge is 2.77. The molecule has 0 radical (unpaired) electrons. The van der Waals surface area contributed by atoms with Crippen molar-refractivity contribution in [3.05, 3.63) is 25.3 Å². The van der Waals surface area contributed by atoms with Crippen molar-refractivity contribution in [3.63, 3.8) is 0 Å². The van der Waals surface area contributed by atoms with E-state index < -0.39 is 22.6 Å². The summed E-state index contributed by atoms with van der Waals surface area (Å²) in [5, 5.41) is 9.20. The van der Waals surface area contributed by atoms with Crippen LogP contribution in [0.1, 0.15) is 58.8 Å². The van der Waals surface area contributed by atoms with Crippen molar-refractivity contribution >= 4 is 29.5 Å². The second-order valence-corrected chi connectivity index (χ2v) is 12.4. The molecule has 7 nitrogen and oxygen atoms in total. The normalized spacial score (nSPS) is 30.9. The lowest BCUT2D eigenvalue weighted by atomic mass is 9.66. The lowest BCUT2D eigenvalue weighted by Crippen LogP contribution is -2.55. The van der Waals surface area contributed by atoms with Crippen molar-refractivity contribution in [3.8, 4) is 0 Å². The Morgan fingerprint density at radius 2 is 1.86 bits per heavy atom. The Morgan fingerprint density at radius 3 is 2.49 bits per heavy atom. The van der Waals surface area contributed by atoms with Gasteiger partial charge in [-0.2, -0.15) is 0 Å². The summed E-state index contributed by atoms with van der Waals surface area (Å²) in [4.78, 5) is 47.1. The largest absolute Gasteiger partial charge is 0.396 e. The minimum atomic E-state index is -0.582. The number of nitrogens with zero attached hydrogens (tertiary/aromatic N) is 3. The summed E-state index contributed by atoms with van der Waals surface area (Å²) in [6.45, 7) is 13.9. The number of amides is 3. The second-order valence-electron chi connectivity index (χ2n) is 10.5. The lowest BCUT2D eigenvalue weighted by Gasteiger charge is -2.37. The molecule has 0 aromatic rings. The maximum Gasteiger partial charge on any atom is 0.247 e. The number of rotatable bonds is 14. The zero-order chi connectivity index (χ0) is 25.8. The average molecular weight is 506 g/mol. The SMILES string of the molecule is C=CCN(C)C(=O)[C@H]1[C@H]2C(=O)N(CCCCCO)C(C(=O)N(CC=C)CCCC)C23CC[C@]1(C)S3. The van der Waals surface area contributed by atoms with Crippen LogP contribution in [0.3, 0.4) is 0 Å². The molecule has 3 aliphatic heterocycles. The molecule has 3 rings (SSSR count). The molecule has 0 saturated carbocycles. The van der Waals surface area contributed by atoms with Gasteiger partial charge in [0, 0.05) is 44.6 Å². The third-order valence-corrected chi connectivity index (χ3v) is 10.0. The van der Waals surface area contributed by atoms with Crippen LogP contribution in [0, 0.1) is 11.8 Å². The van der Waals surface area contributed by atoms with Crippen molar-refractivity contribution in [1.29, 1.82) is 0 Å². The van der Waals surface area contributed by atoms with E-state index in [4.69, 9.17) is 0 Å². The molecule has 0 aromatic heterocycles. The molecule has 2 bridgehead atoms. The number of fused-ring (bicyclic) bond motifs is 1. The molecular weight excluding hydrogens is 462 g/mol. The Balaban J connectivity index is 2.01. The number of likely N-dealkylation sites (tertiary alicyclic amines) is 1. The number of aliphatic hydroxyl groups is 1. The highest BCUT2D eigenvalue weighted by Crippen LogP contribution is 2.71. The maximum atomic E-state index is 14.2. The van der Waals surface area contributed by atoms with Crippen LogP contribution in [0.5, 0.6) is 0 Å². The van der Waals surface area contributed by atoms with Crippen molar-refractivity contribution < 1.29 is 19.5 Å². The predicted octanol–water partition coefficient (Wildman–Crippen LogP) is 3.09. The summed E-state index contributed by atoms with van der Waals surface area (Å²) < 4.78 is -0.943. The van der Waals surface area contributed by atoms with Gasteiger partial charge in [-0.3, -0.25) is 14.4 Å². The summed E-state index contributed by atoms with van der Waals surface area (Å²) in [6.07, 6.45) is 9.10. The molecule has 8 heteroatoms. The summed E-state index contributed by atoms with van der Waals surface area (Å²) in [5.74, 6) is -1.03. The van der Waals surface area contributed by atoms with Crippen LogP contribution in [0.15, 0.2) is 25.3 Å². The quantitative estimate of drug-likeness (QED) is 0.290. The van der Waals surface area contributed by atoms with Crippen LogP contribution in [0.2, 0.25) is 0 Å². The Kier molecular flexibility index (Phi) is 9.13. The summed E-state index contributed by atoms with van der Waals surface area (Å²) in [6, 6.07) is -0.569. The zero-order valence-corrected chi connectivity index (χ0v) is 22.5. The van der Waals surface area contributed by atoms with Gasteiger partial charge in [-0.05, 0) is 45.4 Å². The molecule has 0 aliphatic carbocycles. The van der Waals surface area contributed by atoms with Gasteiger partial charge in [0.05, 0.1) is 16.6 Å². The smallest absolute Gasteiger partial charge is 0.247 e. The molecule has 3 fully saturated rings. The third kappa shape index (κ3) is 4.93. The van der Waals surface area contributed by atoms with Crippen LogP contribution in [-0.4, -0.2) is 92.9 Å². The number of unbranched alkanes of at least 4 members (excludes halogenated alkanes) is 3. The molecule has 3 saturated heterocycles. The first kappa shape index (κ1) is 27.8. The Morgan fingerprint density at radius 1 is 1.14 bits per heavy atom. The van der Waals surface area contributed by atoms with E-state index in [0.717, 1.165) is 38.5 Å². The van der Waals surface area contributed by atoms with Crippen LogP contribution in [0.4, 0.5) is 0 Å². The topological polar surface area (TPSA) is 81.2 Å². The predicted molar refractivity (Wildman–Crippen MR) is 141 cm³/mol. The molecule has 3 amide bonds. The minimum Gasteiger partial charge on any atom is -0.396 e. The Bertz CT molecular complexity index is 835. The van der Waals surface area contributed by atoms with Gasteiger partial charge < -0.3 is 19.8 Å². The van der Waals surface area contributed by atoms with Gasteiger partial charge in [0.15, 0.2) is 0 Å². The van der Waals surface area contributed by atoms with Gasteiger partial charge in [0.1, 0.15) is 6.04 Å². The van der Waals surface area contributed by atoms with Gasteiger partial charge >= 0.3 is 0 Å². The monoisotopic (exact) mass is 505 g/mol. The standard InChI is InChI=1S/C27H43N3O4S/c1-6-9-17-29(16-8-3)25(34)22-27-14-13-26(4,35-27)20(23(32)28(5)15-7-2)21(27)24(33)30(22)18-11-10-12-19-31/h7-8,20-22,31H,2-3,6,9-19H2,1,4-5H3/t20-,21+,22?,26+,27?/m1/s1. The van der Waals surface area contributed by atoms with Crippen LogP contribution < -0.4 is 0 Å². The van der Waals surface area contributed by atoms with Crippen molar-refractivity contribution in [2.24, 2.45) is 11.8 Å². The lowest BCUT2D eigenvalue weighted by molar-refractivity contribution is -0.145. The second kappa shape index (κ2) is 11.5. The van der Waals surface area contributed by atoms with Gasteiger partial charge in [-0.1, -0.05) is 25.5 Å². The van der Waals surface area contributed by atoms with Gasteiger partial charge in [0.2, 0.25) is 17.7 Å². The first-order chi connectivity index (χ1) is 16.7. The fourth-order valence-corrected chi connectivity index (χ4v) is 8.73. The first-order valence-corrected chi connectivity index (χ1v) is 13.9. The van der Waals surface area contributed by atoms with E-state index in [1.54, 1.807) is 40.8 Å². The van der Waals surface area contributed by atoms with Gasteiger partial charge in [-0.25, -0.2) is 0 Å². The van der Waals surface area contributed by atoms with Gasteiger partial charge in [0.25, 0.3) is 0 Å².